The van der Waals surface area contributed by atoms with Crippen LogP contribution in [0.25, 0.3) is 11.3 Å². The highest BCUT2D eigenvalue weighted by Crippen LogP contribution is 2.33. The van der Waals surface area contributed by atoms with E-state index in [1.54, 1.807) is 11.0 Å². The number of hydrogen-bond acceptors (Lipinski definition) is 6. The molecule has 8 nitrogen and oxygen atoms in total. The van der Waals surface area contributed by atoms with Gasteiger partial charge >= 0.3 is 0 Å². The minimum absolute atomic E-state index is 0.0805. The van der Waals surface area contributed by atoms with Gasteiger partial charge in [0, 0.05) is 36.0 Å². The number of hydrogen-bond donors (Lipinski definition) is 3. The van der Waals surface area contributed by atoms with Crippen LogP contribution in [0.15, 0.2) is 72.3 Å². The number of nitrogens with zero attached hydrogens (tertiary/aromatic N) is 3. The van der Waals surface area contributed by atoms with Crippen molar-refractivity contribution >= 4 is 17.4 Å². The van der Waals surface area contributed by atoms with Crippen molar-refractivity contribution in [2.45, 2.75) is 38.1 Å². The molecule has 1 aliphatic heterocycles. The van der Waals surface area contributed by atoms with Crippen LogP contribution in [-0.2, 0) is 11.2 Å². The number of para-hydroxylation sites is 1. The van der Waals surface area contributed by atoms with Gasteiger partial charge in [0.15, 0.2) is 0 Å². The van der Waals surface area contributed by atoms with Gasteiger partial charge in [0.05, 0.1) is 11.3 Å². The number of carbonyl (C=O) groups excluding carboxylic acids is 1. The van der Waals surface area contributed by atoms with E-state index in [0.717, 1.165) is 37.0 Å². The van der Waals surface area contributed by atoms with Gasteiger partial charge in [-0.05, 0) is 74.1 Å². The summed E-state index contributed by atoms with van der Waals surface area (Å²) in [5, 5.41) is 17.7. The summed E-state index contributed by atoms with van der Waals surface area (Å²) in [7, 11) is 0. The van der Waals surface area contributed by atoms with Gasteiger partial charge in [-0.3, -0.25) is 15.2 Å². The van der Waals surface area contributed by atoms with Crippen molar-refractivity contribution in [2.75, 3.05) is 12.3 Å². The number of nitrogens with one attached hydrogen (secondary N) is 1. The first-order valence-corrected chi connectivity index (χ1v) is 12.8. The molecule has 8 heteroatoms. The van der Waals surface area contributed by atoms with Gasteiger partial charge in [-0.1, -0.05) is 24.3 Å². The molecule has 5 rings (SSSR count). The lowest BCUT2D eigenvalue weighted by Gasteiger charge is -2.25. The zero-order valence-corrected chi connectivity index (χ0v) is 21.1. The van der Waals surface area contributed by atoms with Crippen LogP contribution >= 0.6 is 0 Å². The molecule has 1 amide bonds. The van der Waals surface area contributed by atoms with Crippen molar-refractivity contribution < 1.29 is 9.53 Å². The van der Waals surface area contributed by atoms with E-state index in [1.807, 2.05) is 60.7 Å². The van der Waals surface area contributed by atoms with Gasteiger partial charge in [0.2, 0.25) is 0 Å². The van der Waals surface area contributed by atoms with E-state index in [9.17, 15) is 10.1 Å². The number of ether oxygens (including phenoxy) is 1. The van der Waals surface area contributed by atoms with Crippen molar-refractivity contribution in [1.29, 1.82) is 10.7 Å². The maximum atomic E-state index is 13.1. The topological polar surface area (TPSA) is 142 Å². The van der Waals surface area contributed by atoms with Crippen LogP contribution in [-0.4, -0.2) is 34.2 Å². The number of carbonyl (C=O) groups is 1. The Kier molecular flexibility index (Phi) is 7.09. The Morgan fingerprint density at radius 1 is 1.13 bits per heavy atom. The number of nitriles is 1. The molecule has 1 atom stereocenters. The van der Waals surface area contributed by atoms with Gasteiger partial charge in [0.25, 0.3) is 5.91 Å². The second-order valence-electron chi connectivity index (χ2n) is 9.81. The highest BCUT2D eigenvalue weighted by molar-refractivity contribution is 6.05. The molecule has 3 aromatic rings. The van der Waals surface area contributed by atoms with Gasteiger partial charge < -0.3 is 21.1 Å². The lowest BCUT2D eigenvalue weighted by Crippen LogP contribution is -2.37. The Morgan fingerprint density at radius 3 is 2.50 bits per heavy atom. The lowest BCUT2D eigenvalue weighted by atomic mass is 10.00. The lowest BCUT2D eigenvalue weighted by molar-refractivity contribution is -0.127. The highest BCUT2D eigenvalue weighted by Gasteiger charge is 2.32. The molecule has 0 spiro atoms. The Balaban J connectivity index is 1.40. The Morgan fingerprint density at radius 2 is 1.84 bits per heavy atom. The first kappa shape index (κ1) is 25.0. The van der Waals surface area contributed by atoms with Crippen LogP contribution < -0.4 is 16.2 Å². The van der Waals surface area contributed by atoms with Crippen LogP contribution in [0, 0.1) is 22.7 Å². The molecule has 2 aliphatic rings. The van der Waals surface area contributed by atoms with Crippen molar-refractivity contribution in [3.63, 3.8) is 0 Å². The molecule has 1 saturated heterocycles. The van der Waals surface area contributed by atoms with E-state index < -0.39 is 0 Å². The Labute approximate surface area is 222 Å². The summed E-state index contributed by atoms with van der Waals surface area (Å²) in [5.41, 5.74) is 15.2. The molecule has 2 aromatic carbocycles. The minimum atomic E-state index is -0.204. The largest absolute Gasteiger partial charge is 0.457 e. The van der Waals surface area contributed by atoms with Gasteiger partial charge in [-0.2, -0.15) is 5.26 Å². The predicted octanol–water partition coefficient (Wildman–Crippen LogP) is 4.80. The first-order valence-electron chi connectivity index (χ1n) is 12.8. The SMILES string of the molecule is N#C/C(=C\C1CC1)C(=O)N1CCCC1Cc1cc(N)c(C(=N)N)c(-c2ccc(Oc3ccccc3)cc2)n1. The molecule has 0 radical (unpaired) electrons. The van der Waals surface area contributed by atoms with E-state index in [0.29, 0.717) is 47.3 Å². The number of nitrogens with two attached hydrogens (primary N) is 2. The Bertz CT molecular complexity index is 1420. The molecular weight excluding hydrogens is 476 g/mol. The van der Waals surface area contributed by atoms with E-state index in [-0.39, 0.29) is 23.4 Å². The number of amidine groups is 1. The molecule has 0 bridgehead atoms. The average Bonchev–Trinajstić information content (AvgIpc) is 3.62. The number of rotatable bonds is 8. The van der Waals surface area contributed by atoms with Crippen LogP contribution in [0.1, 0.15) is 36.9 Å². The zero-order valence-electron chi connectivity index (χ0n) is 21.1. The molecule has 192 valence electrons. The predicted molar refractivity (Wildman–Crippen MR) is 146 cm³/mol. The number of aromatic nitrogens is 1. The van der Waals surface area contributed by atoms with Crippen LogP contribution in [0.4, 0.5) is 5.69 Å². The molecule has 38 heavy (non-hydrogen) atoms. The number of benzene rings is 2. The quantitative estimate of drug-likeness (QED) is 0.173. The summed E-state index contributed by atoms with van der Waals surface area (Å²) in [6.45, 7) is 0.615. The molecule has 1 aliphatic carbocycles. The maximum absolute atomic E-state index is 13.1. The fraction of sp³-hybridized carbons (Fsp3) is 0.267. The van der Waals surface area contributed by atoms with Gasteiger partial charge in [-0.25, -0.2) is 0 Å². The van der Waals surface area contributed by atoms with Crippen molar-refractivity contribution in [2.24, 2.45) is 11.7 Å². The third-order valence-corrected chi connectivity index (χ3v) is 6.94. The molecule has 5 N–H and O–H groups in total. The summed E-state index contributed by atoms with van der Waals surface area (Å²) in [6.07, 6.45) is 6.09. The van der Waals surface area contributed by atoms with Crippen molar-refractivity contribution in [3.05, 3.63) is 83.6 Å². The number of amides is 1. The number of likely N-dealkylation sites (tertiary alicyclic amines) is 1. The number of nitrogen functional groups attached to an aromatic ring is 2. The summed E-state index contributed by atoms with van der Waals surface area (Å²) >= 11 is 0. The van der Waals surface area contributed by atoms with Crippen LogP contribution in [0.2, 0.25) is 0 Å². The normalized spacial score (nSPS) is 17.2. The monoisotopic (exact) mass is 506 g/mol. The smallest absolute Gasteiger partial charge is 0.264 e. The van der Waals surface area contributed by atoms with E-state index >= 15 is 0 Å². The van der Waals surface area contributed by atoms with Crippen LogP contribution in [0.5, 0.6) is 11.5 Å². The first-order chi connectivity index (χ1) is 18.4. The van der Waals surface area contributed by atoms with Crippen LogP contribution in [0.3, 0.4) is 0 Å². The molecule has 1 saturated carbocycles. The van der Waals surface area contributed by atoms with E-state index in [1.165, 1.54) is 0 Å². The summed E-state index contributed by atoms with van der Waals surface area (Å²) < 4.78 is 5.90. The van der Waals surface area contributed by atoms with Gasteiger partial charge in [0.1, 0.15) is 29.0 Å². The van der Waals surface area contributed by atoms with Crippen molar-refractivity contribution in [1.82, 2.24) is 9.88 Å². The summed E-state index contributed by atoms with van der Waals surface area (Å²) in [5.74, 6) is 1.38. The Hall–Kier alpha value is -4.64. The summed E-state index contributed by atoms with van der Waals surface area (Å²) in [6, 6.07) is 20.7. The molecule has 2 heterocycles. The third kappa shape index (κ3) is 5.52. The molecule has 1 aromatic heterocycles. The minimum Gasteiger partial charge on any atom is -0.457 e. The fourth-order valence-corrected chi connectivity index (χ4v) is 4.89. The summed E-state index contributed by atoms with van der Waals surface area (Å²) in [4.78, 5) is 19.8. The van der Waals surface area contributed by atoms with Gasteiger partial charge in [-0.15, -0.1) is 0 Å². The maximum Gasteiger partial charge on any atom is 0.264 e. The second-order valence-corrected chi connectivity index (χ2v) is 9.81. The van der Waals surface area contributed by atoms with Crippen molar-refractivity contribution in [3.8, 4) is 28.8 Å². The third-order valence-electron chi connectivity index (χ3n) is 6.94. The van der Waals surface area contributed by atoms with E-state index in [4.69, 9.17) is 26.6 Å². The fourth-order valence-electron chi connectivity index (χ4n) is 4.89. The zero-order chi connectivity index (χ0) is 26.6. The number of anilines is 1. The molecule has 2 fully saturated rings. The van der Waals surface area contributed by atoms with E-state index in [2.05, 4.69) is 6.07 Å². The second kappa shape index (κ2) is 10.8. The number of allylic oxidation sites excluding steroid dienone is 1. The molecular formula is C30H30N6O2. The average molecular weight is 507 g/mol. The number of pyridine rings is 1. The standard InChI is InChI=1S/C30H30N6O2/c31-18-21(15-19-8-9-19)30(37)36-14-4-5-23(36)16-22-17-26(32)27(29(33)34)28(35-22)20-10-12-25(13-11-20)38-24-6-2-1-3-7-24/h1-3,6-7,10-13,15,17,19,23H,4-5,8-9,14,16H2,(H2,32,35)(H3,33,34)/b21-15+. The molecule has 1 unspecified atom stereocenters. The highest BCUT2D eigenvalue weighted by atomic mass is 16.5.